The Morgan fingerprint density at radius 3 is 2.94 bits per heavy atom. The van der Waals surface area contributed by atoms with E-state index in [1.165, 1.54) is 11.3 Å². The Kier molecular flexibility index (Phi) is 4.34. The topological polar surface area (TPSA) is 90.6 Å². The van der Waals surface area contributed by atoms with E-state index in [-0.39, 0.29) is 18.6 Å². The van der Waals surface area contributed by atoms with Crippen molar-refractivity contribution in [2.75, 3.05) is 19.9 Å². The van der Waals surface area contributed by atoms with Gasteiger partial charge in [-0.05, 0) is 43.2 Å². The number of likely N-dealkylation sites (tertiary alicyclic amines) is 1. The molecule has 9 heteroatoms. The van der Waals surface area contributed by atoms with Crippen LogP contribution in [0.2, 0.25) is 0 Å². The Labute approximate surface area is 181 Å². The van der Waals surface area contributed by atoms with Gasteiger partial charge in [-0.15, -0.1) is 21.5 Å². The standard InChI is InChI=1S/C22H18N4O4S/c27-22(21-23-15-5-1-2-6-18(15)31-21)26-9-3-4-14(11-26)20-25-24-19(30-20)13-7-8-16-17(10-13)29-12-28-16/h1-2,5-8,10,14H,3-4,9,11-12H2. The van der Waals surface area contributed by atoms with E-state index in [1.807, 2.05) is 47.4 Å². The number of ether oxygens (including phenoxy) is 2. The number of fused-ring (bicyclic) bond motifs is 2. The molecule has 0 bridgehead atoms. The summed E-state index contributed by atoms with van der Waals surface area (Å²) in [5, 5.41) is 9.01. The lowest BCUT2D eigenvalue weighted by Crippen LogP contribution is -2.39. The Bertz CT molecular complexity index is 1250. The molecule has 0 aliphatic carbocycles. The average molecular weight is 434 g/mol. The van der Waals surface area contributed by atoms with E-state index in [0.29, 0.717) is 41.4 Å². The summed E-state index contributed by atoms with van der Waals surface area (Å²) in [6.07, 6.45) is 1.77. The number of piperidine rings is 1. The smallest absolute Gasteiger partial charge is 0.282 e. The van der Waals surface area contributed by atoms with Crippen LogP contribution in [-0.2, 0) is 0 Å². The molecule has 2 aromatic heterocycles. The predicted octanol–water partition coefficient (Wildman–Crippen LogP) is 4.09. The van der Waals surface area contributed by atoms with Crippen molar-refractivity contribution < 1.29 is 18.7 Å². The number of nitrogens with zero attached hydrogens (tertiary/aromatic N) is 4. The first-order valence-electron chi connectivity index (χ1n) is 10.1. The van der Waals surface area contributed by atoms with Crippen molar-refractivity contribution in [1.82, 2.24) is 20.1 Å². The summed E-state index contributed by atoms with van der Waals surface area (Å²) in [7, 11) is 0. The fourth-order valence-electron chi connectivity index (χ4n) is 4.01. The highest BCUT2D eigenvalue weighted by Gasteiger charge is 2.30. The highest BCUT2D eigenvalue weighted by Crippen LogP contribution is 2.36. The number of hydrogen-bond donors (Lipinski definition) is 0. The van der Waals surface area contributed by atoms with Gasteiger partial charge in [-0.25, -0.2) is 4.98 Å². The molecule has 156 valence electrons. The molecule has 31 heavy (non-hydrogen) atoms. The number of hydrogen-bond acceptors (Lipinski definition) is 8. The van der Waals surface area contributed by atoms with Crippen molar-refractivity contribution in [2.24, 2.45) is 0 Å². The third-order valence-corrected chi connectivity index (χ3v) is 6.62. The van der Waals surface area contributed by atoms with Gasteiger partial charge in [-0.3, -0.25) is 4.79 Å². The molecule has 0 spiro atoms. The van der Waals surface area contributed by atoms with Gasteiger partial charge in [0, 0.05) is 18.7 Å². The molecule has 4 heterocycles. The zero-order valence-corrected chi connectivity index (χ0v) is 17.3. The lowest BCUT2D eigenvalue weighted by molar-refractivity contribution is 0.0698. The molecular formula is C22H18N4O4S. The Morgan fingerprint density at radius 2 is 2.00 bits per heavy atom. The maximum Gasteiger partial charge on any atom is 0.282 e. The number of carbonyl (C=O) groups is 1. The maximum atomic E-state index is 13.1. The second-order valence-electron chi connectivity index (χ2n) is 7.59. The molecule has 1 amide bonds. The first kappa shape index (κ1) is 18.3. The van der Waals surface area contributed by atoms with E-state index in [1.54, 1.807) is 0 Å². The fourth-order valence-corrected chi connectivity index (χ4v) is 4.94. The van der Waals surface area contributed by atoms with E-state index in [4.69, 9.17) is 13.9 Å². The second-order valence-corrected chi connectivity index (χ2v) is 8.62. The van der Waals surface area contributed by atoms with Crippen LogP contribution in [0.5, 0.6) is 11.5 Å². The Morgan fingerprint density at radius 1 is 1.10 bits per heavy atom. The molecule has 0 saturated carbocycles. The van der Waals surface area contributed by atoms with E-state index >= 15 is 0 Å². The van der Waals surface area contributed by atoms with Gasteiger partial charge < -0.3 is 18.8 Å². The molecule has 2 aliphatic heterocycles. The quantitative estimate of drug-likeness (QED) is 0.480. The van der Waals surface area contributed by atoms with Gasteiger partial charge in [-0.2, -0.15) is 0 Å². The Balaban J connectivity index is 1.21. The molecule has 0 N–H and O–H groups in total. The van der Waals surface area contributed by atoms with Crippen LogP contribution < -0.4 is 9.47 Å². The van der Waals surface area contributed by atoms with E-state index < -0.39 is 0 Å². The molecular weight excluding hydrogens is 416 g/mol. The SMILES string of the molecule is O=C(c1nc2ccccc2s1)N1CCCC(c2nnc(-c3ccc4c(c3)OCO4)o2)C1. The number of thiazole rings is 1. The summed E-state index contributed by atoms with van der Waals surface area (Å²) in [5.41, 5.74) is 1.64. The van der Waals surface area contributed by atoms with Crippen molar-refractivity contribution in [3.05, 3.63) is 53.4 Å². The zero-order chi connectivity index (χ0) is 20.8. The first-order valence-corrected chi connectivity index (χ1v) is 10.9. The second kappa shape index (κ2) is 7.35. The highest BCUT2D eigenvalue weighted by atomic mass is 32.1. The van der Waals surface area contributed by atoms with Crippen molar-refractivity contribution in [3.63, 3.8) is 0 Å². The van der Waals surface area contributed by atoms with Crippen LogP contribution in [0.1, 0.15) is 34.5 Å². The molecule has 1 fully saturated rings. The summed E-state index contributed by atoms with van der Waals surface area (Å²) in [4.78, 5) is 19.4. The van der Waals surface area contributed by atoms with Crippen molar-refractivity contribution >= 4 is 27.5 Å². The molecule has 0 radical (unpaired) electrons. The molecule has 1 unspecified atom stereocenters. The molecule has 4 aromatic rings. The minimum atomic E-state index is -0.0404. The summed E-state index contributed by atoms with van der Waals surface area (Å²) in [6, 6.07) is 13.3. The number of rotatable bonds is 3. The third-order valence-electron chi connectivity index (χ3n) is 5.59. The first-order chi connectivity index (χ1) is 15.2. The minimum absolute atomic E-state index is 0.00217. The van der Waals surface area contributed by atoms with Crippen LogP contribution in [0.3, 0.4) is 0 Å². The van der Waals surface area contributed by atoms with Crippen LogP contribution in [0.15, 0.2) is 46.9 Å². The molecule has 2 aromatic carbocycles. The lowest BCUT2D eigenvalue weighted by atomic mass is 9.98. The molecule has 2 aliphatic rings. The number of benzene rings is 2. The van der Waals surface area contributed by atoms with Crippen LogP contribution in [0.4, 0.5) is 0 Å². The monoisotopic (exact) mass is 434 g/mol. The van der Waals surface area contributed by atoms with Crippen molar-refractivity contribution in [2.45, 2.75) is 18.8 Å². The summed E-state index contributed by atoms with van der Waals surface area (Å²) in [5.74, 6) is 2.32. The fraction of sp³-hybridized carbons (Fsp3) is 0.273. The average Bonchev–Trinajstić information content (AvgIpc) is 3.57. The van der Waals surface area contributed by atoms with Crippen LogP contribution >= 0.6 is 11.3 Å². The summed E-state index contributed by atoms with van der Waals surface area (Å²) in [6.45, 7) is 1.46. The number of carbonyl (C=O) groups excluding carboxylic acids is 1. The summed E-state index contributed by atoms with van der Waals surface area (Å²) < 4.78 is 17.8. The van der Waals surface area contributed by atoms with Crippen LogP contribution in [0.25, 0.3) is 21.7 Å². The molecule has 1 atom stereocenters. The van der Waals surface area contributed by atoms with Crippen LogP contribution in [0, 0.1) is 0 Å². The highest BCUT2D eigenvalue weighted by molar-refractivity contribution is 7.20. The van der Waals surface area contributed by atoms with Gasteiger partial charge in [0.2, 0.25) is 18.6 Å². The van der Waals surface area contributed by atoms with Gasteiger partial charge in [0.15, 0.2) is 16.5 Å². The normalized spacial score (nSPS) is 17.9. The van der Waals surface area contributed by atoms with Crippen molar-refractivity contribution in [1.29, 1.82) is 0 Å². The Hall–Kier alpha value is -3.46. The third kappa shape index (κ3) is 3.31. The number of amides is 1. The number of para-hydroxylation sites is 1. The maximum absolute atomic E-state index is 13.1. The lowest BCUT2D eigenvalue weighted by Gasteiger charge is -2.30. The molecule has 8 nitrogen and oxygen atoms in total. The predicted molar refractivity (Wildman–Crippen MR) is 113 cm³/mol. The van der Waals surface area contributed by atoms with Gasteiger partial charge >= 0.3 is 0 Å². The van der Waals surface area contributed by atoms with E-state index in [2.05, 4.69) is 15.2 Å². The van der Waals surface area contributed by atoms with Crippen molar-refractivity contribution in [3.8, 4) is 23.0 Å². The largest absolute Gasteiger partial charge is 0.454 e. The molecule has 1 saturated heterocycles. The van der Waals surface area contributed by atoms with E-state index in [9.17, 15) is 4.79 Å². The molecule has 6 rings (SSSR count). The van der Waals surface area contributed by atoms with Gasteiger partial charge in [-0.1, -0.05) is 12.1 Å². The number of aromatic nitrogens is 3. The van der Waals surface area contributed by atoms with Gasteiger partial charge in [0.25, 0.3) is 5.91 Å². The van der Waals surface area contributed by atoms with Gasteiger partial charge in [0.05, 0.1) is 16.1 Å². The van der Waals surface area contributed by atoms with Gasteiger partial charge in [0.1, 0.15) is 0 Å². The zero-order valence-electron chi connectivity index (χ0n) is 16.5. The van der Waals surface area contributed by atoms with Crippen LogP contribution in [-0.4, -0.2) is 45.9 Å². The van der Waals surface area contributed by atoms with E-state index in [0.717, 1.165) is 28.6 Å². The summed E-state index contributed by atoms with van der Waals surface area (Å²) >= 11 is 1.43. The minimum Gasteiger partial charge on any atom is -0.454 e.